The van der Waals surface area contributed by atoms with Crippen molar-refractivity contribution in [3.63, 3.8) is 0 Å². The van der Waals surface area contributed by atoms with Gasteiger partial charge in [0.05, 0.1) is 6.42 Å². The number of carboxylic acid groups (broad SMARTS) is 1. The lowest BCUT2D eigenvalue weighted by Crippen LogP contribution is -2.42. The number of nitrogens with two attached hydrogens (primary N) is 1. The Morgan fingerprint density at radius 1 is 1.29 bits per heavy atom. The van der Waals surface area contributed by atoms with E-state index >= 15 is 0 Å². The number of aliphatic carboxylic acids is 1. The molecule has 0 spiro atoms. The molecule has 0 radical (unpaired) electrons. The molecule has 21 heavy (non-hydrogen) atoms. The molecule has 0 amide bonds. The van der Waals surface area contributed by atoms with Gasteiger partial charge in [0.1, 0.15) is 0 Å². The van der Waals surface area contributed by atoms with E-state index in [9.17, 15) is 4.79 Å². The molecule has 1 aliphatic heterocycles. The molecule has 1 aromatic rings. The van der Waals surface area contributed by atoms with E-state index in [-0.39, 0.29) is 6.42 Å². The van der Waals surface area contributed by atoms with Crippen molar-refractivity contribution in [2.75, 3.05) is 0 Å². The van der Waals surface area contributed by atoms with Crippen LogP contribution >= 0.6 is 0 Å². The molecule has 4 nitrogen and oxygen atoms in total. The molecule has 4 heteroatoms. The molecule has 2 rings (SSSR count). The number of hydrogen-bond donors (Lipinski definition) is 2. The Kier molecular flexibility index (Phi) is 5.37. The third-order valence-corrected chi connectivity index (χ3v) is 4.54. The zero-order valence-corrected chi connectivity index (χ0v) is 13.0. The van der Waals surface area contributed by atoms with Crippen LogP contribution in [0, 0.1) is 0 Å². The van der Waals surface area contributed by atoms with Gasteiger partial charge >= 0.3 is 5.97 Å². The number of nitrogens with zero attached hydrogens (tertiary/aromatic N) is 1. The highest BCUT2D eigenvalue weighted by Crippen LogP contribution is 2.25. The summed E-state index contributed by atoms with van der Waals surface area (Å²) in [5.74, 6) is -0.859. The number of benzene rings is 1. The van der Waals surface area contributed by atoms with Gasteiger partial charge in [-0.15, -0.1) is 0 Å². The summed E-state index contributed by atoms with van der Waals surface area (Å²) in [7, 11) is 0. The molecule has 0 aliphatic carbocycles. The fraction of sp³-hybridized carbons (Fsp3) is 0.588. The molecule has 3 unspecified atom stereocenters. The Bertz CT molecular complexity index is 462. The second kappa shape index (κ2) is 7.05. The molecule has 116 valence electrons. The van der Waals surface area contributed by atoms with Crippen LogP contribution in [0.15, 0.2) is 24.3 Å². The average Bonchev–Trinajstić information content (AvgIpc) is 2.43. The maximum atomic E-state index is 10.7. The second-order valence-corrected chi connectivity index (χ2v) is 6.25. The highest BCUT2D eigenvalue weighted by atomic mass is 16.4. The Balaban J connectivity index is 2.00. The SMILES string of the molecule is CC1CCCC(C)N1Cc1ccc(C(N)CC(=O)O)cc1. The highest BCUT2D eigenvalue weighted by Gasteiger charge is 2.24. The Morgan fingerprint density at radius 2 is 1.86 bits per heavy atom. The molecule has 3 atom stereocenters. The number of carbonyl (C=O) groups is 1. The number of carboxylic acids is 1. The second-order valence-electron chi connectivity index (χ2n) is 6.25. The lowest BCUT2D eigenvalue weighted by atomic mass is 9.96. The quantitative estimate of drug-likeness (QED) is 0.875. The standard InChI is InChI=1S/C17H26N2O2/c1-12-4-3-5-13(2)19(12)11-14-6-8-15(9-7-14)16(18)10-17(20)21/h6-9,12-13,16H,3-5,10-11,18H2,1-2H3,(H,20,21). The van der Waals surface area contributed by atoms with Gasteiger partial charge in [0.25, 0.3) is 0 Å². The summed E-state index contributed by atoms with van der Waals surface area (Å²) >= 11 is 0. The summed E-state index contributed by atoms with van der Waals surface area (Å²) in [6.07, 6.45) is 3.83. The van der Waals surface area contributed by atoms with E-state index in [0.717, 1.165) is 12.1 Å². The van der Waals surface area contributed by atoms with Crippen LogP contribution in [0.5, 0.6) is 0 Å². The smallest absolute Gasteiger partial charge is 0.305 e. The predicted molar refractivity (Wildman–Crippen MR) is 83.9 cm³/mol. The van der Waals surface area contributed by atoms with E-state index < -0.39 is 12.0 Å². The molecule has 1 aromatic carbocycles. The molecular formula is C17H26N2O2. The molecule has 1 aliphatic rings. The number of likely N-dealkylation sites (tertiary alicyclic amines) is 1. The Hall–Kier alpha value is -1.39. The van der Waals surface area contributed by atoms with Gasteiger partial charge in [-0.25, -0.2) is 0 Å². The van der Waals surface area contributed by atoms with Gasteiger partial charge in [-0.1, -0.05) is 30.7 Å². The van der Waals surface area contributed by atoms with Crippen molar-refractivity contribution in [1.82, 2.24) is 4.90 Å². The number of piperidine rings is 1. The van der Waals surface area contributed by atoms with E-state index in [2.05, 4.69) is 30.9 Å². The van der Waals surface area contributed by atoms with E-state index in [1.165, 1.54) is 24.8 Å². The van der Waals surface area contributed by atoms with Crippen LogP contribution in [0.2, 0.25) is 0 Å². The molecular weight excluding hydrogens is 264 g/mol. The lowest BCUT2D eigenvalue weighted by molar-refractivity contribution is -0.137. The van der Waals surface area contributed by atoms with Crippen molar-refractivity contribution in [1.29, 1.82) is 0 Å². The van der Waals surface area contributed by atoms with Crippen LogP contribution in [0.4, 0.5) is 0 Å². The molecule has 1 saturated heterocycles. The van der Waals surface area contributed by atoms with Crippen molar-refractivity contribution in [3.8, 4) is 0 Å². The van der Waals surface area contributed by atoms with Crippen molar-refractivity contribution in [2.24, 2.45) is 5.73 Å². The van der Waals surface area contributed by atoms with Gasteiger partial charge in [0, 0.05) is 24.7 Å². The van der Waals surface area contributed by atoms with Crippen LogP contribution in [-0.4, -0.2) is 28.1 Å². The van der Waals surface area contributed by atoms with E-state index in [0.29, 0.717) is 12.1 Å². The molecule has 0 aromatic heterocycles. The first-order valence-electron chi connectivity index (χ1n) is 7.79. The normalized spacial score (nSPS) is 24.7. The molecule has 1 fully saturated rings. The number of rotatable bonds is 5. The van der Waals surface area contributed by atoms with E-state index in [1.807, 2.05) is 12.1 Å². The topological polar surface area (TPSA) is 66.6 Å². The van der Waals surface area contributed by atoms with Crippen LogP contribution in [-0.2, 0) is 11.3 Å². The van der Waals surface area contributed by atoms with Crippen molar-refractivity contribution < 1.29 is 9.90 Å². The maximum absolute atomic E-state index is 10.7. The molecule has 3 N–H and O–H groups in total. The van der Waals surface area contributed by atoms with Crippen molar-refractivity contribution >= 4 is 5.97 Å². The summed E-state index contributed by atoms with van der Waals surface area (Å²) in [4.78, 5) is 13.2. The molecule has 0 saturated carbocycles. The van der Waals surface area contributed by atoms with Crippen LogP contribution in [0.25, 0.3) is 0 Å². The minimum atomic E-state index is -0.859. The van der Waals surface area contributed by atoms with Gasteiger partial charge in [0.2, 0.25) is 0 Å². The first-order chi connectivity index (χ1) is 9.97. The Morgan fingerprint density at radius 3 is 2.38 bits per heavy atom. The maximum Gasteiger partial charge on any atom is 0.305 e. The lowest BCUT2D eigenvalue weighted by Gasteiger charge is -2.39. The van der Waals surface area contributed by atoms with E-state index in [1.54, 1.807) is 0 Å². The van der Waals surface area contributed by atoms with Crippen LogP contribution < -0.4 is 5.73 Å². The molecule has 0 bridgehead atoms. The van der Waals surface area contributed by atoms with Gasteiger partial charge < -0.3 is 10.8 Å². The minimum Gasteiger partial charge on any atom is -0.481 e. The summed E-state index contributed by atoms with van der Waals surface area (Å²) in [5.41, 5.74) is 8.04. The Labute approximate surface area is 126 Å². The summed E-state index contributed by atoms with van der Waals surface area (Å²) in [6.45, 7) is 5.55. The number of hydrogen-bond acceptors (Lipinski definition) is 3. The van der Waals surface area contributed by atoms with Crippen molar-refractivity contribution in [3.05, 3.63) is 35.4 Å². The summed E-state index contributed by atoms with van der Waals surface area (Å²) in [5, 5.41) is 8.79. The predicted octanol–water partition coefficient (Wildman–Crippen LogP) is 2.92. The molecule has 1 heterocycles. The first-order valence-corrected chi connectivity index (χ1v) is 7.79. The fourth-order valence-electron chi connectivity index (χ4n) is 3.17. The van der Waals surface area contributed by atoms with Gasteiger partial charge in [0.15, 0.2) is 0 Å². The largest absolute Gasteiger partial charge is 0.481 e. The van der Waals surface area contributed by atoms with Crippen LogP contribution in [0.1, 0.15) is 56.7 Å². The van der Waals surface area contributed by atoms with E-state index in [4.69, 9.17) is 10.8 Å². The fourth-order valence-corrected chi connectivity index (χ4v) is 3.17. The van der Waals surface area contributed by atoms with Gasteiger partial charge in [-0.05, 0) is 37.8 Å². The third-order valence-electron chi connectivity index (χ3n) is 4.54. The first kappa shape index (κ1) is 16.0. The average molecular weight is 290 g/mol. The third kappa shape index (κ3) is 4.29. The zero-order chi connectivity index (χ0) is 15.4. The highest BCUT2D eigenvalue weighted by molar-refractivity contribution is 5.67. The minimum absolute atomic E-state index is 0.0282. The summed E-state index contributed by atoms with van der Waals surface area (Å²) in [6, 6.07) is 8.90. The van der Waals surface area contributed by atoms with Gasteiger partial charge in [-0.2, -0.15) is 0 Å². The zero-order valence-electron chi connectivity index (χ0n) is 13.0. The van der Waals surface area contributed by atoms with Crippen molar-refractivity contribution in [2.45, 2.75) is 64.2 Å². The van der Waals surface area contributed by atoms with Gasteiger partial charge in [-0.3, -0.25) is 9.69 Å². The van der Waals surface area contributed by atoms with Crippen LogP contribution in [0.3, 0.4) is 0 Å². The monoisotopic (exact) mass is 290 g/mol. The summed E-state index contributed by atoms with van der Waals surface area (Å²) < 4.78 is 0.